The number of carboxylic acids is 1. The second-order valence-electron chi connectivity index (χ2n) is 4.85. The van der Waals surface area contributed by atoms with Crippen LogP contribution in [0.15, 0.2) is 30.3 Å². The molecule has 0 saturated carbocycles. The molecule has 0 fully saturated rings. The molecule has 17 heavy (non-hydrogen) atoms. The summed E-state index contributed by atoms with van der Waals surface area (Å²) in [6, 6.07) is 10.1. The van der Waals surface area contributed by atoms with Gasteiger partial charge in [-0.2, -0.15) is 0 Å². The van der Waals surface area contributed by atoms with Gasteiger partial charge in [-0.25, -0.2) is 0 Å². The van der Waals surface area contributed by atoms with Crippen molar-refractivity contribution >= 4 is 18.4 Å². The van der Waals surface area contributed by atoms with Gasteiger partial charge >= 0.3 is 5.97 Å². The zero-order chi connectivity index (χ0) is 12.2. The van der Waals surface area contributed by atoms with E-state index in [2.05, 4.69) is 0 Å². The van der Waals surface area contributed by atoms with Crippen molar-refractivity contribution in [3.8, 4) is 0 Å². The Hall–Kier alpha value is -1.06. The van der Waals surface area contributed by atoms with Crippen LogP contribution in [0.5, 0.6) is 0 Å². The Morgan fingerprint density at radius 1 is 1.29 bits per heavy atom. The molecule has 1 N–H and O–H groups in total. The first-order valence-electron chi connectivity index (χ1n) is 5.38. The van der Waals surface area contributed by atoms with Crippen LogP contribution < -0.4 is 0 Å². The van der Waals surface area contributed by atoms with E-state index in [1.54, 1.807) is 13.8 Å². The first kappa shape index (κ1) is 15.9. The van der Waals surface area contributed by atoms with E-state index in [0.717, 1.165) is 6.54 Å². The topological polar surface area (TPSA) is 40.5 Å². The summed E-state index contributed by atoms with van der Waals surface area (Å²) < 4.78 is 0. The highest BCUT2D eigenvalue weighted by atomic mass is 35.5. The molecular weight excluding hydrogens is 238 g/mol. The third-order valence-electron chi connectivity index (χ3n) is 2.54. The minimum Gasteiger partial charge on any atom is -0.481 e. The Bertz CT molecular complexity index is 352. The van der Waals surface area contributed by atoms with Crippen LogP contribution in [0.3, 0.4) is 0 Å². The lowest BCUT2D eigenvalue weighted by Gasteiger charge is -2.26. The summed E-state index contributed by atoms with van der Waals surface area (Å²) in [5.74, 6) is -0.757. The summed E-state index contributed by atoms with van der Waals surface area (Å²) in [4.78, 5) is 13.0. The van der Waals surface area contributed by atoms with Crippen molar-refractivity contribution in [3.63, 3.8) is 0 Å². The molecule has 0 aromatic heterocycles. The minimum absolute atomic E-state index is 0. The lowest BCUT2D eigenvalue weighted by Crippen LogP contribution is -2.36. The Labute approximate surface area is 109 Å². The van der Waals surface area contributed by atoms with Gasteiger partial charge in [-0.15, -0.1) is 12.4 Å². The number of aliphatic carboxylic acids is 1. The summed E-state index contributed by atoms with van der Waals surface area (Å²) in [6.07, 6.45) is 0. The number of carboxylic acid groups (broad SMARTS) is 1. The van der Waals surface area contributed by atoms with Crippen LogP contribution in [0, 0.1) is 5.41 Å². The Balaban J connectivity index is 0.00000256. The van der Waals surface area contributed by atoms with Gasteiger partial charge < -0.3 is 10.0 Å². The van der Waals surface area contributed by atoms with Gasteiger partial charge in [0.2, 0.25) is 0 Å². The molecule has 3 nitrogen and oxygen atoms in total. The molecule has 0 aliphatic heterocycles. The summed E-state index contributed by atoms with van der Waals surface area (Å²) >= 11 is 0. The predicted molar refractivity (Wildman–Crippen MR) is 71.4 cm³/mol. The van der Waals surface area contributed by atoms with Crippen molar-refractivity contribution < 1.29 is 9.90 Å². The molecule has 1 rings (SSSR count). The molecule has 1 aromatic rings. The summed E-state index contributed by atoms with van der Waals surface area (Å²) in [5.41, 5.74) is 0.495. The molecule has 4 heteroatoms. The maximum atomic E-state index is 11.0. The van der Waals surface area contributed by atoms with Crippen LogP contribution in [0.2, 0.25) is 0 Å². The lowest BCUT2D eigenvalue weighted by atomic mass is 9.93. The van der Waals surface area contributed by atoms with Gasteiger partial charge in [0.1, 0.15) is 0 Å². The monoisotopic (exact) mass is 257 g/mol. The highest BCUT2D eigenvalue weighted by Crippen LogP contribution is 2.17. The van der Waals surface area contributed by atoms with Crippen molar-refractivity contribution in [1.29, 1.82) is 0 Å². The fourth-order valence-corrected chi connectivity index (χ4v) is 1.69. The Morgan fingerprint density at radius 3 is 2.29 bits per heavy atom. The van der Waals surface area contributed by atoms with Gasteiger partial charge in [0.15, 0.2) is 0 Å². The maximum Gasteiger partial charge on any atom is 0.310 e. The largest absolute Gasteiger partial charge is 0.481 e. The molecule has 0 atom stereocenters. The van der Waals surface area contributed by atoms with Crippen molar-refractivity contribution in [2.75, 3.05) is 13.6 Å². The molecule has 0 radical (unpaired) electrons. The van der Waals surface area contributed by atoms with Gasteiger partial charge in [0.05, 0.1) is 5.41 Å². The van der Waals surface area contributed by atoms with Crippen LogP contribution in [0.4, 0.5) is 0 Å². The minimum atomic E-state index is -0.757. The smallest absolute Gasteiger partial charge is 0.310 e. The molecule has 0 bridgehead atoms. The first-order chi connectivity index (χ1) is 7.42. The average Bonchev–Trinajstić information content (AvgIpc) is 2.17. The molecule has 0 spiro atoms. The van der Waals surface area contributed by atoms with Crippen molar-refractivity contribution in [2.45, 2.75) is 20.4 Å². The van der Waals surface area contributed by atoms with Gasteiger partial charge in [-0.05, 0) is 26.5 Å². The van der Waals surface area contributed by atoms with E-state index in [1.807, 2.05) is 42.3 Å². The van der Waals surface area contributed by atoms with E-state index in [9.17, 15) is 4.79 Å². The number of nitrogens with zero attached hydrogens (tertiary/aromatic N) is 1. The van der Waals surface area contributed by atoms with Gasteiger partial charge in [0.25, 0.3) is 0 Å². The first-order valence-corrected chi connectivity index (χ1v) is 5.38. The van der Waals surface area contributed by atoms with Crippen molar-refractivity contribution in [1.82, 2.24) is 4.90 Å². The van der Waals surface area contributed by atoms with Gasteiger partial charge in [-0.3, -0.25) is 4.79 Å². The van der Waals surface area contributed by atoms with Crippen LogP contribution >= 0.6 is 12.4 Å². The van der Waals surface area contributed by atoms with Gasteiger partial charge in [0, 0.05) is 13.1 Å². The molecular formula is C13H20ClNO2. The zero-order valence-electron chi connectivity index (χ0n) is 10.5. The van der Waals surface area contributed by atoms with E-state index in [1.165, 1.54) is 5.56 Å². The molecule has 96 valence electrons. The molecule has 0 unspecified atom stereocenters. The number of halogens is 1. The number of rotatable bonds is 5. The number of hydrogen-bond acceptors (Lipinski definition) is 2. The van der Waals surface area contributed by atoms with Gasteiger partial charge in [-0.1, -0.05) is 30.3 Å². The molecule has 0 heterocycles. The van der Waals surface area contributed by atoms with Crippen LogP contribution in [-0.4, -0.2) is 29.6 Å². The lowest BCUT2D eigenvalue weighted by molar-refractivity contribution is -0.147. The maximum absolute atomic E-state index is 11.0. The van der Waals surface area contributed by atoms with E-state index in [-0.39, 0.29) is 12.4 Å². The summed E-state index contributed by atoms with van der Waals surface area (Å²) in [5, 5.41) is 9.03. The van der Waals surface area contributed by atoms with Crippen LogP contribution in [-0.2, 0) is 11.3 Å². The molecule has 0 aliphatic carbocycles. The van der Waals surface area contributed by atoms with Crippen LogP contribution in [0.1, 0.15) is 19.4 Å². The highest BCUT2D eigenvalue weighted by Gasteiger charge is 2.28. The SMILES string of the molecule is CN(Cc1ccccc1)CC(C)(C)C(=O)O.Cl. The fourth-order valence-electron chi connectivity index (χ4n) is 1.69. The quantitative estimate of drug-likeness (QED) is 0.882. The van der Waals surface area contributed by atoms with Crippen molar-refractivity contribution in [3.05, 3.63) is 35.9 Å². The normalized spacial score (nSPS) is 11.1. The van der Waals surface area contributed by atoms with E-state index in [4.69, 9.17) is 5.11 Å². The zero-order valence-corrected chi connectivity index (χ0v) is 11.3. The number of hydrogen-bond donors (Lipinski definition) is 1. The van der Waals surface area contributed by atoms with E-state index >= 15 is 0 Å². The molecule has 0 saturated heterocycles. The molecule has 0 amide bonds. The average molecular weight is 258 g/mol. The van der Waals surface area contributed by atoms with Crippen molar-refractivity contribution in [2.24, 2.45) is 5.41 Å². The molecule has 1 aromatic carbocycles. The van der Waals surface area contributed by atoms with E-state index < -0.39 is 11.4 Å². The predicted octanol–water partition coefficient (Wildman–Crippen LogP) is 2.65. The van der Waals surface area contributed by atoms with Crippen LogP contribution in [0.25, 0.3) is 0 Å². The standard InChI is InChI=1S/C13H19NO2.ClH/c1-13(2,12(15)16)10-14(3)9-11-7-5-4-6-8-11;/h4-8H,9-10H2,1-3H3,(H,15,16);1H. The highest BCUT2D eigenvalue weighted by molar-refractivity contribution is 5.85. The fraction of sp³-hybridized carbons (Fsp3) is 0.462. The number of benzene rings is 1. The second kappa shape index (κ2) is 6.62. The Morgan fingerprint density at radius 2 is 1.82 bits per heavy atom. The third-order valence-corrected chi connectivity index (χ3v) is 2.54. The Kier molecular flexibility index (Phi) is 6.21. The van der Waals surface area contributed by atoms with E-state index in [0.29, 0.717) is 6.54 Å². The third kappa shape index (κ3) is 5.20. The number of carbonyl (C=O) groups is 1. The summed E-state index contributed by atoms with van der Waals surface area (Å²) in [7, 11) is 1.94. The second-order valence-corrected chi connectivity index (χ2v) is 4.85. The summed E-state index contributed by atoms with van der Waals surface area (Å²) in [6.45, 7) is 4.81. The molecule has 0 aliphatic rings.